The van der Waals surface area contributed by atoms with Crippen molar-refractivity contribution >= 4 is 11.5 Å². The third-order valence-corrected chi connectivity index (χ3v) is 5.48. The SMILES string of the molecule is O=C1CCCc2c1ccn2CCN1CCN(c2ccc(F)cc2F)CC1. The number of aromatic nitrogens is 1. The number of rotatable bonds is 4. The summed E-state index contributed by atoms with van der Waals surface area (Å²) in [7, 11) is 0. The molecule has 0 atom stereocenters. The average molecular weight is 359 g/mol. The van der Waals surface area contributed by atoms with Gasteiger partial charge in [0.15, 0.2) is 5.78 Å². The third-order valence-electron chi connectivity index (χ3n) is 5.48. The summed E-state index contributed by atoms with van der Waals surface area (Å²) in [6, 6.07) is 5.72. The molecule has 1 fully saturated rings. The van der Waals surface area contributed by atoms with Crippen LogP contribution >= 0.6 is 0 Å². The first-order valence-electron chi connectivity index (χ1n) is 9.25. The molecule has 1 saturated heterocycles. The van der Waals surface area contributed by atoms with Crippen molar-refractivity contribution in [1.82, 2.24) is 9.47 Å². The number of piperazine rings is 1. The first-order chi connectivity index (χ1) is 12.6. The second-order valence-corrected chi connectivity index (χ2v) is 7.07. The Hall–Kier alpha value is -2.21. The molecule has 0 amide bonds. The lowest BCUT2D eigenvalue weighted by Gasteiger charge is -2.36. The van der Waals surface area contributed by atoms with Crippen molar-refractivity contribution in [3.05, 3.63) is 53.4 Å². The minimum Gasteiger partial charge on any atom is -0.367 e. The van der Waals surface area contributed by atoms with Gasteiger partial charge in [-0.1, -0.05) is 0 Å². The van der Waals surface area contributed by atoms with Gasteiger partial charge in [0.1, 0.15) is 11.6 Å². The highest BCUT2D eigenvalue weighted by atomic mass is 19.1. The van der Waals surface area contributed by atoms with Crippen LogP contribution in [0.3, 0.4) is 0 Å². The molecular weight excluding hydrogens is 336 g/mol. The molecule has 0 N–H and O–H groups in total. The van der Waals surface area contributed by atoms with Crippen LogP contribution < -0.4 is 4.90 Å². The van der Waals surface area contributed by atoms with Gasteiger partial charge in [-0.2, -0.15) is 0 Å². The van der Waals surface area contributed by atoms with Gasteiger partial charge in [-0.3, -0.25) is 9.69 Å². The van der Waals surface area contributed by atoms with Gasteiger partial charge in [-0.15, -0.1) is 0 Å². The molecule has 0 bridgehead atoms. The fourth-order valence-electron chi connectivity index (χ4n) is 4.00. The minimum absolute atomic E-state index is 0.264. The van der Waals surface area contributed by atoms with E-state index >= 15 is 0 Å². The van der Waals surface area contributed by atoms with Gasteiger partial charge in [0.05, 0.1) is 5.69 Å². The summed E-state index contributed by atoms with van der Waals surface area (Å²) in [6.45, 7) is 4.93. The molecule has 1 aromatic carbocycles. The maximum atomic E-state index is 13.9. The lowest BCUT2D eigenvalue weighted by molar-refractivity contribution is 0.0971. The van der Waals surface area contributed by atoms with Gasteiger partial charge in [0, 0.05) is 69.2 Å². The topological polar surface area (TPSA) is 28.5 Å². The molecule has 1 aromatic heterocycles. The Morgan fingerprint density at radius 1 is 0.962 bits per heavy atom. The zero-order valence-electron chi connectivity index (χ0n) is 14.8. The molecule has 26 heavy (non-hydrogen) atoms. The number of hydrogen-bond acceptors (Lipinski definition) is 3. The Balaban J connectivity index is 1.33. The maximum absolute atomic E-state index is 13.9. The van der Waals surface area contributed by atoms with E-state index in [-0.39, 0.29) is 5.78 Å². The van der Waals surface area contributed by atoms with E-state index in [4.69, 9.17) is 0 Å². The van der Waals surface area contributed by atoms with Crippen molar-refractivity contribution in [3.63, 3.8) is 0 Å². The maximum Gasteiger partial charge on any atom is 0.164 e. The molecule has 2 heterocycles. The molecule has 1 aliphatic heterocycles. The van der Waals surface area contributed by atoms with Crippen molar-refractivity contribution in [2.24, 2.45) is 0 Å². The fourth-order valence-corrected chi connectivity index (χ4v) is 4.00. The second-order valence-electron chi connectivity index (χ2n) is 7.07. The van der Waals surface area contributed by atoms with E-state index in [1.54, 1.807) is 0 Å². The zero-order valence-corrected chi connectivity index (χ0v) is 14.8. The van der Waals surface area contributed by atoms with Crippen molar-refractivity contribution in [3.8, 4) is 0 Å². The van der Waals surface area contributed by atoms with E-state index in [1.165, 1.54) is 17.8 Å². The second kappa shape index (κ2) is 7.19. The quantitative estimate of drug-likeness (QED) is 0.840. The van der Waals surface area contributed by atoms with E-state index in [1.807, 2.05) is 17.2 Å². The largest absolute Gasteiger partial charge is 0.367 e. The minimum atomic E-state index is -0.543. The summed E-state index contributed by atoms with van der Waals surface area (Å²) in [5.41, 5.74) is 2.55. The Labute approximate surface area is 152 Å². The van der Waals surface area contributed by atoms with Crippen LogP contribution in [-0.4, -0.2) is 48.0 Å². The van der Waals surface area contributed by atoms with Crippen molar-refractivity contribution in [2.45, 2.75) is 25.8 Å². The van der Waals surface area contributed by atoms with E-state index in [0.717, 1.165) is 63.7 Å². The molecule has 0 saturated carbocycles. The number of benzene rings is 1. The number of fused-ring (bicyclic) bond motifs is 1. The highest BCUT2D eigenvalue weighted by molar-refractivity contribution is 5.98. The van der Waals surface area contributed by atoms with E-state index in [9.17, 15) is 13.6 Å². The summed E-state index contributed by atoms with van der Waals surface area (Å²) in [6.07, 6.45) is 4.61. The van der Waals surface area contributed by atoms with Gasteiger partial charge in [-0.25, -0.2) is 8.78 Å². The van der Waals surface area contributed by atoms with Crippen molar-refractivity contribution in [1.29, 1.82) is 0 Å². The molecular formula is C20H23F2N3O. The van der Waals surface area contributed by atoms with Crippen LogP contribution in [0.5, 0.6) is 0 Å². The molecule has 2 aliphatic rings. The smallest absolute Gasteiger partial charge is 0.164 e. The highest BCUT2D eigenvalue weighted by Gasteiger charge is 2.22. The van der Waals surface area contributed by atoms with Gasteiger partial charge in [-0.05, 0) is 31.0 Å². The molecule has 6 heteroatoms. The number of hydrogen-bond donors (Lipinski definition) is 0. The number of halogens is 2. The fraction of sp³-hybridized carbons (Fsp3) is 0.450. The number of carbonyl (C=O) groups is 1. The van der Waals surface area contributed by atoms with Gasteiger partial charge < -0.3 is 9.47 Å². The normalized spacial score (nSPS) is 18.2. The lowest BCUT2D eigenvalue weighted by atomic mass is 9.97. The van der Waals surface area contributed by atoms with Crippen molar-refractivity contribution in [2.75, 3.05) is 37.6 Å². The lowest BCUT2D eigenvalue weighted by Crippen LogP contribution is -2.47. The molecule has 4 rings (SSSR count). The molecule has 0 radical (unpaired) electrons. The predicted molar refractivity (Wildman–Crippen MR) is 96.7 cm³/mol. The summed E-state index contributed by atoms with van der Waals surface area (Å²) >= 11 is 0. The first kappa shape index (κ1) is 17.2. The summed E-state index contributed by atoms with van der Waals surface area (Å²) in [5.74, 6) is -0.777. The van der Waals surface area contributed by atoms with Crippen LogP contribution in [0.1, 0.15) is 28.9 Å². The van der Waals surface area contributed by atoms with Crippen LogP contribution in [0.15, 0.2) is 30.5 Å². The molecule has 0 spiro atoms. The number of anilines is 1. The molecule has 4 nitrogen and oxygen atoms in total. The molecule has 0 unspecified atom stereocenters. The summed E-state index contributed by atoms with van der Waals surface area (Å²) < 4.78 is 29.2. The Morgan fingerprint density at radius 3 is 2.54 bits per heavy atom. The van der Waals surface area contributed by atoms with Crippen LogP contribution in [0.2, 0.25) is 0 Å². The monoisotopic (exact) mass is 359 g/mol. The zero-order chi connectivity index (χ0) is 18.1. The van der Waals surface area contributed by atoms with Crippen LogP contribution in [0.25, 0.3) is 0 Å². The Kier molecular flexibility index (Phi) is 4.76. The summed E-state index contributed by atoms with van der Waals surface area (Å²) in [5, 5.41) is 0. The number of nitrogens with zero attached hydrogens (tertiary/aromatic N) is 3. The number of carbonyl (C=O) groups excluding carboxylic acids is 1. The van der Waals surface area contributed by atoms with Gasteiger partial charge >= 0.3 is 0 Å². The molecule has 1 aliphatic carbocycles. The predicted octanol–water partition coefficient (Wildman–Crippen LogP) is 3.11. The van der Waals surface area contributed by atoms with Crippen LogP contribution in [0, 0.1) is 11.6 Å². The van der Waals surface area contributed by atoms with E-state index in [2.05, 4.69) is 9.47 Å². The average Bonchev–Trinajstić information content (AvgIpc) is 3.05. The van der Waals surface area contributed by atoms with E-state index in [0.29, 0.717) is 12.1 Å². The van der Waals surface area contributed by atoms with Crippen LogP contribution in [-0.2, 0) is 13.0 Å². The van der Waals surface area contributed by atoms with Crippen molar-refractivity contribution < 1.29 is 13.6 Å². The number of Topliss-reactive ketones (excluding diaryl/α,β-unsaturated/α-hetero) is 1. The Morgan fingerprint density at radius 2 is 1.77 bits per heavy atom. The first-order valence-corrected chi connectivity index (χ1v) is 9.25. The number of ketones is 1. The van der Waals surface area contributed by atoms with Gasteiger partial charge in [0.2, 0.25) is 0 Å². The molecule has 2 aromatic rings. The van der Waals surface area contributed by atoms with Crippen LogP contribution in [0.4, 0.5) is 14.5 Å². The Bertz CT molecular complexity index is 809. The van der Waals surface area contributed by atoms with Gasteiger partial charge in [0.25, 0.3) is 0 Å². The van der Waals surface area contributed by atoms with E-state index < -0.39 is 11.6 Å². The summed E-state index contributed by atoms with van der Waals surface area (Å²) in [4.78, 5) is 16.3. The standard InChI is InChI=1S/C20H23F2N3O/c21-15-4-5-19(17(22)14-15)25-12-9-23(10-13-25)8-11-24-7-6-16-18(24)2-1-3-20(16)26/h4-7,14H,1-3,8-13H2. The highest BCUT2D eigenvalue weighted by Crippen LogP contribution is 2.23. The molecule has 138 valence electrons. The third kappa shape index (κ3) is 3.38.